The Bertz CT molecular complexity index is 1420. The molecule has 0 bridgehead atoms. The lowest BCUT2D eigenvalue weighted by molar-refractivity contribution is 0.0976. The van der Waals surface area contributed by atoms with Gasteiger partial charge in [0.1, 0.15) is 18.7 Å². The Morgan fingerprint density at radius 2 is 1.69 bits per heavy atom. The predicted molar refractivity (Wildman–Crippen MR) is 139 cm³/mol. The van der Waals surface area contributed by atoms with Gasteiger partial charge in [-0.1, -0.05) is 32.9 Å². The lowest BCUT2D eigenvalue weighted by Gasteiger charge is -2.18. The molecule has 1 amide bonds. The van der Waals surface area contributed by atoms with E-state index in [1.54, 1.807) is 18.2 Å². The van der Waals surface area contributed by atoms with Crippen LogP contribution in [0.25, 0.3) is 22.6 Å². The predicted octanol–water partition coefficient (Wildman–Crippen LogP) is 5.69. The van der Waals surface area contributed by atoms with Crippen molar-refractivity contribution in [2.75, 3.05) is 18.5 Å². The van der Waals surface area contributed by atoms with Crippen LogP contribution in [0.1, 0.15) is 36.7 Å². The molecule has 0 spiro atoms. The largest absolute Gasteiger partial charge is 0.486 e. The van der Waals surface area contributed by atoms with Crippen molar-refractivity contribution >= 4 is 40.0 Å². The molecule has 2 N–H and O–H groups in total. The summed E-state index contributed by atoms with van der Waals surface area (Å²) in [5.74, 6) is 1.37. The fraction of sp³-hybridized carbons (Fsp3) is 0.222. The zero-order valence-corrected chi connectivity index (χ0v) is 20.5. The van der Waals surface area contributed by atoms with Gasteiger partial charge in [0.25, 0.3) is 5.91 Å². The van der Waals surface area contributed by atoms with Gasteiger partial charge < -0.3 is 19.2 Å². The molecule has 8 heteroatoms. The minimum Gasteiger partial charge on any atom is -0.486 e. The van der Waals surface area contributed by atoms with E-state index < -0.39 is 0 Å². The number of oxazole rings is 1. The first-order chi connectivity index (χ1) is 16.8. The summed E-state index contributed by atoms with van der Waals surface area (Å²) >= 11 is 5.34. The number of amides is 1. The maximum atomic E-state index is 12.6. The summed E-state index contributed by atoms with van der Waals surface area (Å²) in [7, 11) is 0. The topological polar surface area (TPSA) is 85.6 Å². The zero-order valence-electron chi connectivity index (χ0n) is 19.7. The van der Waals surface area contributed by atoms with Gasteiger partial charge in [0.05, 0.1) is 0 Å². The first-order valence-corrected chi connectivity index (χ1v) is 11.7. The SMILES string of the molecule is CC(C)(C)c1ccc(-c2nc3cc(NC(=S)NC(=O)c4ccc5c(c4)OCCO5)ccc3o2)cc1. The Morgan fingerprint density at radius 3 is 2.43 bits per heavy atom. The molecule has 1 aromatic heterocycles. The van der Waals surface area contributed by atoms with Gasteiger partial charge in [-0.25, -0.2) is 4.98 Å². The average Bonchev–Trinajstić information content (AvgIpc) is 3.26. The monoisotopic (exact) mass is 487 g/mol. The van der Waals surface area contributed by atoms with Crippen LogP contribution in [0.4, 0.5) is 5.69 Å². The van der Waals surface area contributed by atoms with Crippen molar-refractivity contribution < 1.29 is 18.7 Å². The Labute approximate surface area is 208 Å². The Balaban J connectivity index is 1.27. The summed E-state index contributed by atoms with van der Waals surface area (Å²) in [5, 5.41) is 5.89. The van der Waals surface area contributed by atoms with E-state index in [0.717, 1.165) is 5.56 Å². The quantitative estimate of drug-likeness (QED) is 0.359. The summed E-state index contributed by atoms with van der Waals surface area (Å²) in [6.45, 7) is 7.48. The van der Waals surface area contributed by atoms with Crippen molar-refractivity contribution in [2.45, 2.75) is 26.2 Å². The molecular weight excluding hydrogens is 462 g/mol. The number of fused-ring (bicyclic) bond motifs is 2. The lowest BCUT2D eigenvalue weighted by Crippen LogP contribution is -2.34. The molecule has 5 rings (SSSR count). The number of thiocarbonyl (C=S) groups is 1. The van der Waals surface area contributed by atoms with E-state index in [-0.39, 0.29) is 16.4 Å². The van der Waals surface area contributed by atoms with Crippen molar-refractivity contribution in [3.8, 4) is 23.0 Å². The first-order valence-electron chi connectivity index (χ1n) is 11.3. The van der Waals surface area contributed by atoms with Crippen molar-refractivity contribution in [3.63, 3.8) is 0 Å². The third kappa shape index (κ3) is 4.97. The summed E-state index contributed by atoms with van der Waals surface area (Å²) < 4.78 is 17.0. The van der Waals surface area contributed by atoms with E-state index in [2.05, 4.69) is 48.5 Å². The maximum Gasteiger partial charge on any atom is 0.257 e. The van der Waals surface area contributed by atoms with E-state index in [0.29, 0.717) is 53.0 Å². The van der Waals surface area contributed by atoms with Gasteiger partial charge in [-0.3, -0.25) is 10.1 Å². The Hall–Kier alpha value is -3.91. The molecule has 1 aliphatic rings. The highest BCUT2D eigenvalue weighted by molar-refractivity contribution is 7.80. The second kappa shape index (κ2) is 9.03. The van der Waals surface area contributed by atoms with Crippen molar-refractivity contribution in [1.29, 1.82) is 0 Å². The third-order valence-electron chi connectivity index (χ3n) is 5.67. The fourth-order valence-corrected chi connectivity index (χ4v) is 3.97. The van der Waals surface area contributed by atoms with E-state index in [9.17, 15) is 4.79 Å². The van der Waals surface area contributed by atoms with Crippen LogP contribution >= 0.6 is 12.2 Å². The molecule has 0 unspecified atom stereocenters. The molecule has 0 saturated heterocycles. The molecular formula is C27H25N3O4S. The summed E-state index contributed by atoms with van der Waals surface area (Å²) in [6.07, 6.45) is 0. The highest BCUT2D eigenvalue weighted by atomic mass is 32.1. The van der Waals surface area contributed by atoms with E-state index in [1.165, 1.54) is 5.56 Å². The van der Waals surface area contributed by atoms with Crippen LogP contribution in [0, 0.1) is 0 Å². The number of nitrogens with one attached hydrogen (secondary N) is 2. The molecule has 0 radical (unpaired) electrons. The molecule has 35 heavy (non-hydrogen) atoms. The molecule has 0 fully saturated rings. The van der Waals surface area contributed by atoms with Gasteiger partial charge in [0, 0.05) is 16.8 Å². The van der Waals surface area contributed by atoms with Crippen LogP contribution in [0.5, 0.6) is 11.5 Å². The van der Waals surface area contributed by atoms with Gasteiger partial charge in [0.2, 0.25) is 5.89 Å². The van der Waals surface area contributed by atoms with Gasteiger partial charge in [0.15, 0.2) is 22.2 Å². The molecule has 1 aliphatic heterocycles. The zero-order chi connectivity index (χ0) is 24.6. The minimum absolute atomic E-state index is 0.0797. The van der Waals surface area contributed by atoms with E-state index in [4.69, 9.17) is 26.1 Å². The summed E-state index contributed by atoms with van der Waals surface area (Å²) in [6, 6.07) is 18.7. The number of anilines is 1. The Morgan fingerprint density at radius 1 is 0.943 bits per heavy atom. The highest BCUT2D eigenvalue weighted by Gasteiger charge is 2.17. The Kier molecular flexibility index (Phi) is 5.90. The number of carbonyl (C=O) groups excluding carboxylic acids is 1. The van der Waals surface area contributed by atoms with Crippen molar-refractivity contribution in [3.05, 3.63) is 71.8 Å². The van der Waals surface area contributed by atoms with Crippen molar-refractivity contribution in [2.24, 2.45) is 0 Å². The second-order valence-electron chi connectivity index (χ2n) is 9.30. The number of benzene rings is 3. The number of hydrogen-bond acceptors (Lipinski definition) is 6. The third-order valence-corrected chi connectivity index (χ3v) is 5.88. The van der Waals surface area contributed by atoms with Gasteiger partial charge >= 0.3 is 0 Å². The molecule has 3 aromatic carbocycles. The molecule has 0 atom stereocenters. The molecule has 2 heterocycles. The second-order valence-corrected chi connectivity index (χ2v) is 9.70. The number of nitrogens with zero attached hydrogens (tertiary/aromatic N) is 1. The van der Waals surface area contributed by atoms with Gasteiger partial charge in [-0.05, 0) is 71.7 Å². The number of hydrogen-bond donors (Lipinski definition) is 2. The van der Waals surface area contributed by atoms with Crippen LogP contribution in [0.3, 0.4) is 0 Å². The first kappa shape index (κ1) is 22.9. The normalized spacial score (nSPS) is 12.9. The number of ether oxygens (including phenoxy) is 2. The highest BCUT2D eigenvalue weighted by Crippen LogP contribution is 2.31. The molecule has 0 aliphatic carbocycles. The molecule has 0 saturated carbocycles. The van der Waals surface area contributed by atoms with Crippen LogP contribution in [0.15, 0.2) is 65.1 Å². The average molecular weight is 488 g/mol. The van der Waals surface area contributed by atoms with E-state index in [1.807, 2.05) is 30.3 Å². The van der Waals surface area contributed by atoms with Crippen LogP contribution in [0.2, 0.25) is 0 Å². The van der Waals surface area contributed by atoms with E-state index >= 15 is 0 Å². The summed E-state index contributed by atoms with van der Waals surface area (Å²) in [5.41, 5.74) is 4.69. The standard InChI is InChI=1S/C27H25N3O4S/c1-27(2,3)18-7-4-16(5-8-18)25-29-20-15-19(9-11-21(20)34-25)28-26(35)30-24(31)17-6-10-22-23(14-17)33-13-12-32-22/h4-11,14-15H,12-13H2,1-3H3,(H2,28,30,31,35). The maximum absolute atomic E-state index is 12.6. The molecule has 178 valence electrons. The van der Waals surface area contributed by atoms with Gasteiger partial charge in [-0.15, -0.1) is 0 Å². The van der Waals surface area contributed by atoms with Crippen LogP contribution in [-0.2, 0) is 5.41 Å². The summed E-state index contributed by atoms with van der Waals surface area (Å²) in [4.78, 5) is 17.3. The lowest BCUT2D eigenvalue weighted by atomic mass is 9.87. The molecule has 7 nitrogen and oxygen atoms in total. The number of carbonyl (C=O) groups is 1. The minimum atomic E-state index is -0.344. The van der Waals surface area contributed by atoms with Crippen LogP contribution < -0.4 is 20.1 Å². The van der Waals surface area contributed by atoms with Gasteiger partial charge in [-0.2, -0.15) is 0 Å². The van der Waals surface area contributed by atoms with Crippen LogP contribution in [-0.4, -0.2) is 29.2 Å². The van der Waals surface area contributed by atoms with Crippen molar-refractivity contribution in [1.82, 2.24) is 10.3 Å². The number of rotatable bonds is 3. The molecule has 4 aromatic rings. The smallest absolute Gasteiger partial charge is 0.257 e. The fourth-order valence-electron chi connectivity index (χ4n) is 3.76. The number of aromatic nitrogens is 1.